The minimum absolute atomic E-state index is 0.0390. The highest BCUT2D eigenvalue weighted by Crippen LogP contribution is 2.24. The zero-order valence-electron chi connectivity index (χ0n) is 17.8. The van der Waals surface area contributed by atoms with Crippen LogP contribution in [0.5, 0.6) is 0 Å². The van der Waals surface area contributed by atoms with Gasteiger partial charge in [0.1, 0.15) is 0 Å². The summed E-state index contributed by atoms with van der Waals surface area (Å²) in [6.07, 6.45) is 9.34. The number of carbonyl (C=O) groups excluding carboxylic acids is 1. The van der Waals surface area contributed by atoms with Crippen molar-refractivity contribution in [2.45, 2.75) is 63.5 Å². The normalized spacial score (nSPS) is 19.3. The molecule has 1 aliphatic carbocycles. The molecule has 2 aliphatic rings. The van der Waals surface area contributed by atoms with E-state index in [2.05, 4.69) is 15.2 Å². The molecule has 1 amide bonds. The SMILES string of the molecule is O=C(CN1CCC(n2c(=O)[nH]c3ccccc32)CC1)NCCCOC1CCCCC1. The second kappa shape index (κ2) is 10.3. The van der Waals surface area contributed by atoms with Crippen molar-refractivity contribution in [3.63, 3.8) is 0 Å². The second-order valence-electron chi connectivity index (χ2n) is 8.66. The Morgan fingerprint density at radius 2 is 1.87 bits per heavy atom. The summed E-state index contributed by atoms with van der Waals surface area (Å²) >= 11 is 0. The van der Waals surface area contributed by atoms with E-state index in [-0.39, 0.29) is 17.6 Å². The first-order chi connectivity index (χ1) is 14.7. The summed E-state index contributed by atoms with van der Waals surface area (Å²) in [5.41, 5.74) is 1.81. The Labute approximate surface area is 177 Å². The number of amides is 1. The van der Waals surface area contributed by atoms with E-state index >= 15 is 0 Å². The lowest BCUT2D eigenvalue weighted by molar-refractivity contribution is -0.122. The summed E-state index contributed by atoms with van der Waals surface area (Å²) < 4.78 is 7.80. The van der Waals surface area contributed by atoms with Crippen molar-refractivity contribution in [1.82, 2.24) is 19.8 Å². The van der Waals surface area contributed by atoms with Gasteiger partial charge >= 0.3 is 5.69 Å². The van der Waals surface area contributed by atoms with E-state index in [0.717, 1.165) is 50.0 Å². The number of nitrogens with one attached hydrogen (secondary N) is 2. The minimum Gasteiger partial charge on any atom is -0.378 e. The fourth-order valence-electron chi connectivity index (χ4n) is 4.81. The summed E-state index contributed by atoms with van der Waals surface area (Å²) in [5.74, 6) is 0.0791. The molecule has 7 heteroatoms. The third kappa shape index (κ3) is 5.32. The fourth-order valence-corrected chi connectivity index (χ4v) is 4.81. The maximum atomic E-state index is 12.4. The third-order valence-electron chi connectivity index (χ3n) is 6.46. The van der Waals surface area contributed by atoms with Crippen molar-refractivity contribution in [1.29, 1.82) is 0 Å². The minimum atomic E-state index is -0.0390. The van der Waals surface area contributed by atoms with E-state index in [9.17, 15) is 9.59 Å². The molecule has 7 nitrogen and oxygen atoms in total. The van der Waals surface area contributed by atoms with Gasteiger partial charge in [-0.1, -0.05) is 31.4 Å². The van der Waals surface area contributed by atoms with Crippen LogP contribution in [0.2, 0.25) is 0 Å². The van der Waals surface area contributed by atoms with Crippen LogP contribution in [0.25, 0.3) is 11.0 Å². The molecule has 1 aromatic carbocycles. The summed E-state index contributed by atoms with van der Waals surface area (Å²) in [6, 6.07) is 8.01. The molecular weight excluding hydrogens is 380 g/mol. The molecule has 164 valence electrons. The summed E-state index contributed by atoms with van der Waals surface area (Å²) in [7, 11) is 0. The van der Waals surface area contributed by atoms with E-state index in [1.807, 2.05) is 28.8 Å². The summed E-state index contributed by atoms with van der Waals surface area (Å²) in [5, 5.41) is 3.02. The van der Waals surface area contributed by atoms with Crippen LogP contribution >= 0.6 is 0 Å². The zero-order chi connectivity index (χ0) is 20.8. The Bertz CT molecular complexity index is 876. The van der Waals surface area contributed by atoms with Crippen LogP contribution in [-0.4, -0.2) is 59.2 Å². The first kappa shape index (κ1) is 21.1. The summed E-state index contributed by atoms with van der Waals surface area (Å²) in [4.78, 5) is 29.8. The molecule has 2 fully saturated rings. The molecule has 0 spiro atoms. The lowest BCUT2D eigenvalue weighted by atomic mass is 9.98. The number of hydrogen-bond donors (Lipinski definition) is 2. The largest absolute Gasteiger partial charge is 0.378 e. The van der Waals surface area contributed by atoms with Crippen molar-refractivity contribution < 1.29 is 9.53 Å². The molecule has 1 aromatic heterocycles. The smallest absolute Gasteiger partial charge is 0.326 e. The molecular formula is C23H34N4O3. The maximum Gasteiger partial charge on any atom is 0.326 e. The van der Waals surface area contributed by atoms with Gasteiger partial charge in [-0.25, -0.2) is 4.79 Å². The molecule has 2 heterocycles. The van der Waals surface area contributed by atoms with Crippen LogP contribution in [0.1, 0.15) is 57.4 Å². The van der Waals surface area contributed by atoms with Gasteiger partial charge in [0.05, 0.1) is 23.7 Å². The number of benzene rings is 1. The number of para-hydroxylation sites is 2. The van der Waals surface area contributed by atoms with Gasteiger partial charge in [-0.05, 0) is 44.2 Å². The van der Waals surface area contributed by atoms with Crippen LogP contribution < -0.4 is 11.0 Å². The number of nitrogens with zero attached hydrogens (tertiary/aromatic N) is 2. The topological polar surface area (TPSA) is 79.4 Å². The summed E-state index contributed by atoms with van der Waals surface area (Å²) in [6.45, 7) is 3.49. The third-order valence-corrected chi connectivity index (χ3v) is 6.46. The number of aromatic amines is 1. The molecule has 0 atom stereocenters. The molecule has 1 saturated carbocycles. The van der Waals surface area contributed by atoms with Crippen molar-refractivity contribution in [2.24, 2.45) is 0 Å². The van der Waals surface area contributed by atoms with E-state index in [0.29, 0.717) is 19.2 Å². The van der Waals surface area contributed by atoms with Crippen molar-refractivity contribution in [3.8, 4) is 0 Å². The number of carbonyl (C=O) groups is 1. The van der Waals surface area contributed by atoms with Crippen LogP contribution in [-0.2, 0) is 9.53 Å². The number of rotatable bonds is 8. The lowest BCUT2D eigenvalue weighted by Gasteiger charge is -2.32. The number of fused-ring (bicyclic) bond motifs is 1. The Hall–Kier alpha value is -2.12. The van der Waals surface area contributed by atoms with Gasteiger partial charge in [-0.15, -0.1) is 0 Å². The predicted molar refractivity (Wildman–Crippen MR) is 118 cm³/mol. The molecule has 0 unspecified atom stereocenters. The molecule has 2 N–H and O–H groups in total. The standard InChI is InChI=1S/C23H34N4O3/c28-22(24-13-6-16-30-19-7-2-1-3-8-19)17-26-14-11-18(12-15-26)27-21-10-5-4-9-20(21)25-23(27)29/h4-5,9-10,18-19H,1-3,6-8,11-17H2,(H,24,28)(H,25,29). The number of aromatic nitrogens is 2. The van der Waals surface area contributed by atoms with Gasteiger partial charge in [0, 0.05) is 32.3 Å². The average Bonchev–Trinajstić information content (AvgIpc) is 3.10. The Morgan fingerprint density at radius 1 is 1.10 bits per heavy atom. The van der Waals surface area contributed by atoms with Crippen LogP contribution in [0.15, 0.2) is 29.1 Å². The van der Waals surface area contributed by atoms with Crippen molar-refractivity contribution in [2.75, 3.05) is 32.8 Å². The molecule has 2 aromatic rings. The second-order valence-corrected chi connectivity index (χ2v) is 8.66. The van der Waals surface area contributed by atoms with Gasteiger partial charge in [-0.2, -0.15) is 0 Å². The van der Waals surface area contributed by atoms with E-state index in [1.165, 1.54) is 32.1 Å². The highest BCUT2D eigenvalue weighted by atomic mass is 16.5. The molecule has 0 radical (unpaired) electrons. The average molecular weight is 415 g/mol. The number of H-pyrrole nitrogens is 1. The van der Waals surface area contributed by atoms with E-state index in [4.69, 9.17) is 4.74 Å². The molecule has 30 heavy (non-hydrogen) atoms. The number of likely N-dealkylation sites (tertiary alicyclic amines) is 1. The highest BCUT2D eigenvalue weighted by Gasteiger charge is 2.24. The van der Waals surface area contributed by atoms with Crippen LogP contribution in [0.4, 0.5) is 0 Å². The van der Waals surface area contributed by atoms with E-state index < -0.39 is 0 Å². The lowest BCUT2D eigenvalue weighted by Crippen LogP contribution is -2.43. The number of piperidine rings is 1. The van der Waals surface area contributed by atoms with Gasteiger partial charge in [0.15, 0.2) is 0 Å². The molecule has 1 aliphatic heterocycles. The van der Waals surface area contributed by atoms with Gasteiger partial charge < -0.3 is 15.0 Å². The van der Waals surface area contributed by atoms with E-state index in [1.54, 1.807) is 0 Å². The quantitative estimate of drug-likeness (QED) is 0.651. The Balaban J connectivity index is 1.15. The number of imidazole rings is 1. The molecule has 0 bridgehead atoms. The van der Waals surface area contributed by atoms with Crippen molar-refractivity contribution >= 4 is 16.9 Å². The van der Waals surface area contributed by atoms with Crippen molar-refractivity contribution in [3.05, 3.63) is 34.7 Å². The van der Waals surface area contributed by atoms with Gasteiger partial charge in [0.2, 0.25) is 5.91 Å². The number of hydrogen-bond acceptors (Lipinski definition) is 4. The van der Waals surface area contributed by atoms with Crippen LogP contribution in [0.3, 0.4) is 0 Å². The Morgan fingerprint density at radius 3 is 2.67 bits per heavy atom. The monoisotopic (exact) mass is 414 g/mol. The van der Waals surface area contributed by atoms with Gasteiger partial charge in [-0.3, -0.25) is 14.3 Å². The first-order valence-electron chi connectivity index (χ1n) is 11.5. The fraction of sp³-hybridized carbons (Fsp3) is 0.652. The zero-order valence-corrected chi connectivity index (χ0v) is 17.8. The maximum absolute atomic E-state index is 12.4. The highest BCUT2D eigenvalue weighted by molar-refractivity contribution is 5.78. The predicted octanol–water partition coefficient (Wildman–Crippen LogP) is 2.82. The Kier molecular flexibility index (Phi) is 7.23. The molecule has 1 saturated heterocycles. The first-order valence-corrected chi connectivity index (χ1v) is 11.5. The molecule has 4 rings (SSSR count). The van der Waals surface area contributed by atoms with Gasteiger partial charge in [0.25, 0.3) is 0 Å². The number of ether oxygens (including phenoxy) is 1. The van der Waals surface area contributed by atoms with Crippen LogP contribution in [0, 0.1) is 0 Å².